The molecule has 0 radical (unpaired) electrons. The minimum Gasteiger partial charge on any atom is -0.481 e. The Morgan fingerprint density at radius 2 is 1.80 bits per heavy atom. The molecule has 0 aromatic heterocycles. The highest BCUT2D eigenvalue weighted by Gasteiger charge is 2.31. The van der Waals surface area contributed by atoms with E-state index in [2.05, 4.69) is 0 Å². The van der Waals surface area contributed by atoms with Crippen molar-refractivity contribution in [3.8, 4) is 0 Å². The van der Waals surface area contributed by atoms with Gasteiger partial charge in [0.1, 0.15) is 0 Å². The lowest BCUT2D eigenvalue weighted by Gasteiger charge is -2.27. The van der Waals surface area contributed by atoms with Crippen LogP contribution in [0.1, 0.15) is 36.5 Å². The number of hydrogen-bond acceptors (Lipinski definition) is 4. The van der Waals surface area contributed by atoms with Crippen LogP contribution in [0.4, 0.5) is 0 Å². The highest BCUT2D eigenvalue weighted by Crippen LogP contribution is 2.24. The first-order valence-electron chi connectivity index (χ1n) is 8.32. The number of aliphatic carboxylic acids is 1. The summed E-state index contributed by atoms with van der Waals surface area (Å²) >= 11 is 0. The van der Waals surface area contributed by atoms with Crippen molar-refractivity contribution in [2.45, 2.75) is 31.1 Å². The normalized spacial score (nSPS) is 17.0. The fraction of sp³-hybridized carbons (Fsp3) is 0.529. The van der Waals surface area contributed by atoms with Crippen molar-refractivity contribution >= 4 is 21.9 Å². The van der Waals surface area contributed by atoms with Crippen LogP contribution >= 0.6 is 0 Å². The fourth-order valence-corrected chi connectivity index (χ4v) is 4.59. The molecule has 0 spiro atoms. The smallest absolute Gasteiger partial charge is 0.308 e. The maximum Gasteiger partial charge on any atom is 0.308 e. The molecule has 1 atom stereocenters. The van der Waals surface area contributed by atoms with Gasteiger partial charge in [-0.3, -0.25) is 9.59 Å². The van der Waals surface area contributed by atoms with Gasteiger partial charge in [0, 0.05) is 26.7 Å². The largest absolute Gasteiger partial charge is 0.481 e. The standard InChI is InChI=1S/C17H24N2O5S/c1-13(17(21)22)12-18(2)16(20)14-8-4-5-9-15(14)25(23,24)19-10-6-3-7-11-19/h4-5,8-9,13H,3,6-7,10-12H2,1-2H3,(H,21,22). The van der Waals surface area contributed by atoms with Crippen LogP contribution < -0.4 is 0 Å². The lowest BCUT2D eigenvalue weighted by molar-refractivity contribution is -0.141. The van der Waals surface area contributed by atoms with Gasteiger partial charge in [0.15, 0.2) is 0 Å². The predicted molar refractivity (Wildman–Crippen MR) is 92.8 cm³/mol. The van der Waals surface area contributed by atoms with Gasteiger partial charge in [0.05, 0.1) is 16.4 Å². The third-order valence-electron chi connectivity index (χ3n) is 4.37. The zero-order valence-electron chi connectivity index (χ0n) is 14.5. The third kappa shape index (κ3) is 4.38. The lowest BCUT2D eigenvalue weighted by Crippen LogP contribution is -2.38. The summed E-state index contributed by atoms with van der Waals surface area (Å²) in [4.78, 5) is 24.9. The lowest BCUT2D eigenvalue weighted by atomic mass is 10.1. The van der Waals surface area contributed by atoms with Crippen molar-refractivity contribution in [1.29, 1.82) is 0 Å². The summed E-state index contributed by atoms with van der Waals surface area (Å²) in [5.74, 6) is -2.24. The monoisotopic (exact) mass is 368 g/mol. The number of sulfonamides is 1. The molecule has 1 N–H and O–H groups in total. The molecule has 25 heavy (non-hydrogen) atoms. The highest BCUT2D eigenvalue weighted by molar-refractivity contribution is 7.89. The molecular weight excluding hydrogens is 344 g/mol. The van der Waals surface area contributed by atoms with Crippen LogP contribution in [-0.2, 0) is 14.8 Å². The van der Waals surface area contributed by atoms with Crippen LogP contribution in [0, 0.1) is 5.92 Å². The van der Waals surface area contributed by atoms with E-state index in [-0.39, 0.29) is 17.0 Å². The molecule has 1 unspecified atom stereocenters. The van der Waals surface area contributed by atoms with Gasteiger partial charge in [0.2, 0.25) is 10.0 Å². The van der Waals surface area contributed by atoms with Gasteiger partial charge in [0.25, 0.3) is 5.91 Å². The molecule has 1 aliphatic rings. The van der Waals surface area contributed by atoms with E-state index in [9.17, 15) is 18.0 Å². The van der Waals surface area contributed by atoms with Crippen LogP contribution in [0.5, 0.6) is 0 Å². The van der Waals surface area contributed by atoms with Crippen molar-refractivity contribution < 1.29 is 23.1 Å². The van der Waals surface area contributed by atoms with Crippen molar-refractivity contribution in [1.82, 2.24) is 9.21 Å². The zero-order valence-corrected chi connectivity index (χ0v) is 15.3. The molecule has 138 valence electrons. The van der Waals surface area contributed by atoms with E-state index in [0.29, 0.717) is 13.1 Å². The molecule has 1 aromatic carbocycles. The molecule has 0 saturated carbocycles. The molecule has 2 rings (SSSR count). The van der Waals surface area contributed by atoms with E-state index < -0.39 is 27.8 Å². The summed E-state index contributed by atoms with van der Waals surface area (Å²) < 4.78 is 27.3. The van der Waals surface area contributed by atoms with Gasteiger partial charge in [-0.05, 0) is 25.0 Å². The van der Waals surface area contributed by atoms with Crippen LogP contribution in [0.2, 0.25) is 0 Å². The summed E-state index contributed by atoms with van der Waals surface area (Å²) in [5, 5.41) is 9.00. The van der Waals surface area contributed by atoms with Gasteiger partial charge >= 0.3 is 5.97 Å². The maximum atomic E-state index is 12.9. The minimum absolute atomic E-state index is 0.00621. The highest BCUT2D eigenvalue weighted by atomic mass is 32.2. The number of rotatable bonds is 6. The molecule has 0 bridgehead atoms. The Bertz CT molecular complexity index is 741. The van der Waals surface area contributed by atoms with Crippen LogP contribution in [0.25, 0.3) is 0 Å². The Kier molecular flexibility index (Phi) is 6.18. The van der Waals surface area contributed by atoms with Crippen LogP contribution in [0.3, 0.4) is 0 Å². The first kappa shape index (κ1) is 19.4. The third-order valence-corrected chi connectivity index (χ3v) is 6.32. The predicted octanol–water partition coefficient (Wildman–Crippen LogP) is 1.65. The van der Waals surface area contributed by atoms with Crippen molar-refractivity contribution in [3.05, 3.63) is 29.8 Å². The first-order valence-corrected chi connectivity index (χ1v) is 9.76. The summed E-state index contributed by atoms with van der Waals surface area (Å²) in [5.41, 5.74) is 0.0770. The molecule has 0 aliphatic carbocycles. The van der Waals surface area contributed by atoms with Gasteiger partial charge in [-0.1, -0.05) is 25.5 Å². The number of hydrogen-bond donors (Lipinski definition) is 1. The zero-order chi connectivity index (χ0) is 18.6. The minimum atomic E-state index is -3.75. The average Bonchev–Trinajstić information content (AvgIpc) is 2.61. The maximum absolute atomic E-state index is 12.9. The second-order valence-electron chi connectivity index (χ2n) is 6.39. The number of carboxylic acids is 1. The molecule has 1 saturated heterocycles. The number of benzene rings is 1. The molecular formula is C17H24N2O5S. The van der Waals surface area contributed by atoms with Crippen LogP contribution in [0.15, 0.2) is 29.2 Å². The van der Waals surface area contributed by atoms with E-state index in [1.54, 1.807) is 12.1 Å². The summed E-state index contributed by atoms with van der Waals surface area (Å²) in [6, 6.07) is 6.11. The molecule has 1 fully saturated rings. The Hall–Kier alpha value is -1.93. The van der Waals surface area contributed by atoms with E-state index in [4.69, 9.17) is 5.11 Å². The number of carboxylic acid groups (broad SMARTS) is 1. The van der Waals surface area contributed by atoms with Gasteiger partial charge in [-0.2, -0.15) is 4.31 Å². The summed E-state index contributed by atoms with van der Waals surface area (Å²) in [6.45, 7) is 2.42. The molecule has 1 heterocycles. The van der Waals surface area contributed by atoms with E-state index >= 15 is 0 Å². The number of piperidine rings is 1. The average molecular weight is 368 g/mol. The summed E-state index contributed by atoms with van der Waals surface area (Å²) in [7, 11) is -2.27. The topological polar surface area (TPSA) is 95.0 Å². The Morgan fingerprint density at radius 3 is 2.40 bits per heavy atom. The molecule has 1 aliphatic heterocycles. The Morgan fingerprint density at radius 1 is 1.20 bits per heavy atom. The molecule has 1 amide bonds. The second-order valence-corrected chi connectivity index (χ2v) is 8.29. The Balaban J connectivity index is 2.31. The van der Waals surface area contributed by atoms with E-state index in [1.807, 2.05) is 0 Å². The molecule has 8 heteroatoms. The summed E-state index contributed by atoms with van der Waals surface area (Å²) in [6.07, 6.45) is 2.62. The van der Waals surface area contributed by atoms with E-state index in [1.165, 1.54) is 35.3 Å². The van der Waals surface area contributed by atoms with Crippen molar-refractivity contribution in [2.24, 2.45) is 5.92 Å². The Labute approximate surface area is 148 Å². The number of carbonyl (C=O) groups is 2. The molecule has 1 aromatic rings. The van der Waals surface area contributed by atoms with E-state index in [0.717, 1.165) is 19.3 Å². The van der Waals surface area contributed by atoms with Gasteiger partial charge in [-0.25, -0.2) is 8.42 Å². The quantitative estimate of drug-likeness (QED) is 0.824. The van der Waals surface area contributed by atoms with Gasteiger partial charge < -0.3 is 10.0 Å². The number of nitrogens with zero attached hydrogens (tertiary/aromatic N) is 2. The van der Waals surface area contributed by atoms with Crippen LogP contribution in [-0.4, -0.2) is 61.3 Å². The number of carbonyl (C=O) groups excluding carboxylic acids is 1. The second kappa shape index (κ2) is 7.97. The van der Waals surface area contributed by atoms with Gasteiger partial charge in [-0.15, -0.1) is 0 Å². The molecule has 7 nitrogen and oxygen atoms in total. The first-order chi connectivity index (χ1) is 11.7. The SMILES string of the molecule is CC(CN(C)C(=O)c1ccccc1S(=O)(=O)N1CCCCC1)C(=O)O. The fourth-order valence-electron chi connectivity index (χ4n) is 2.89. The number of amides is 1. The van der Waals surface area contributed by atoms with Crippen molar-refractivity contribution in [2.75, 3.05) is 26.7 Å². The van der Waals surface area contributed by atoms with Crippen molar-refractivity contribution in [3.63, 3.8) is 0 Å².